The normalized spacial score (nSPS) is 11.0. The van der Waals surface area contributed by atoms with Crippen LogP contribution in [0.4, 0.5) is 0 Å². The van der Waals surface area contributed by atoms with E-state index < -0.39 is 0 Å². The van der Waals surface area contributed by atoms with E-state index in [-0.39, 0.29) is 5.91 Å². The number of rotatable bonds is 10. The first kappa shape index (κ1) is 22.7. The molecule has 0 aliphatic carbocycles. The van der Waals surface area contributed by atoms with Gasteiger partial charge in [0.2, 0.25) is 0 Å². The molecule has 1 amide bonds. The van der Waals surface area contributed by atoms with Gasteiger partial charge in [-0.3, -0.25) is 4.79 Å². The molecule has 3 aromatic carbocycles. The lowest BCUT2D eigenvalue weighted by atomic mass is 10.1. The highest BCUT2D eigenvalue weighted by Gasteiger charge is 2.18. The predicted molar refractivity (Wildman–Crippen MR) is 135 cm³/mol. The smallest absolute Gasteiger partial charge is 0.254 e. The first-order valence-electron chi connectivity index (χ1n) is 11.7. The number of hydrogen-bond donors (Lipinski definition) is 0. The number of methoxy groups -OCH3 is 1. The second kappa shape index (κ2) is 10.9. The van der Waals surface area contributed by atoms with Gasteiger partial charge in [0.15, 0.2) is 0 Å². The summed E-state index contributed by atoms with van der Waals surface area (Å²) in [6.45, 7) is 4.28. The van der Waals surface area contributed by atoms with Gasteiger partial charge in [0.25, 0.3) is 5.91 Å². The van der Waals surface area contributed by atoms with Crippen molar-refractivity contribution in [1.29, 1.82) is 0 Å². The first-order chi connectivity index (χ1) is 16.2. The second-order valence-corrected chi connectivity index (χ2v) is 8.47. The van der Waals surface area contributed by atoms with E-state index in [9.17, 15) is 4.79 Å². The van der Waals surface area contributed by atoms with Crippen LogP contribution < -0.4 is 4.74 Å². The molecule has 0 unspecified atom stereocenters. The van der Waals surface area contributed by atoms with Crippen molar-refractivity contribution in [2.45, 2.75) is 39.3 Å². The molecule has 4 aromatic rings. The molecule has 1 aromatic heterocycles. The van der Waals surface area contributed by atoms with E-state index >= 15 is 0 Å². The molecule has 170 valence electrons. The molecule has 4 heteroatoms. The van der Waals surface area contributed by atoms with Gasteiger partial charge in [0.05, 0.1) is 13.7 Å². The molecule has 0 atom stereocenters. The topological polar surface area (TPSA) is 34.5 Å². The number of amides is 1. The van der Waals surface area contributed by atoms with Crippen LogP contribution in [0.25, 0.3) is 10.8 Å². The third-order valence-corrected chi connectivity index (χ3v) is 6.08. The van der Waals surface area contributed by atoms with E-state index in [4.69, 9.17) is 4.74 Å². The van der Waals surface area contributed by atoms with Crippen molar-refractivity contribution in [1.82, 2.24) is 9.47 Å². The number of carbonyl (C=O) groups is 1. The van der Waals surface area contributed by atoms with Crippen molar-refractivity contribution in [2.24, 2.45) is 0 Å². The first-order valence-corrected chi connectivity index (χ1v) is 11.7. The monoisotopic (exact) mass is 440 g/mol. The van der Waals surface area contributed by atoms with Crippen LogP contribution in [0.15, 0.2) is 85.1 Å². The maximum atomic E-state index is 13.6. The Bertz CT molecular complexity index is 1210. The molecule has 33 heavy (non-hydrogen) atoms. The van der Waals surface area contributed by atoms with Crippen molar-refractivity contribution in [3.63, 3.8) is 0 Å². The van der Waals surface area contributed by atoms with E-state index in [1.165, 1.54) is 5.56 Å². The van der Waals surface area contributed by atoms with Gasteiger partial charge >= 0.3 is 0 Å². The molecule has 0 radical (unpaired) electrons. The largest absolute Gasteiger partial charge is 0.497 e. The Morgan fingerprint density at radius 1 is 0.909 bits per heavy atom. The molecule has 0 saturated carbocycles. The van der Waals surface area contributed by atoms with Gasteiger partial charge < -0.3 is 14.2 Å². The summed E-state index contributed by atoms with van der Waals surface area (Å²) in [5, 5.41) is 2.25. The molecule has 4 rings (SSSR count). The van der Waals surface area contributed by atoms with Crippen LogP contribution in [0.1, 0.15) is 47.8 Å². The Kier molecular flexibility index (Phi) is 7.46. The standard InChI is InChI=1S/C29H32N2O2/c1-3-4-7-17-31(29(32)26-16-15-24-11-5-6-12-25(24)20-26)22-27-13-9-18-30(27)21-23-10-8-14-28(19-23)33-2/h5-6,8-16,18-20H,3-4,7,17,21-22H2,1-2H3. The fourth-order valence-corrected chi connectivity index (χ4v) is 4.22. The number of hydrogen-bond acceptors (Lipinski definition) is 2. The lowest BCUT2D eigenvalue weighted by Crippen LogP contribution is -2.32. The quantitative estimate of drug-likeness (QED) is 0.263. The third kappa shape index (κ3) is 5.64. The molecule has 0 saturated heterocycles. The zero-order valence-electron chi connectivity index (χ0n) is 19.5. The van der Waals surface area contributed by atoms with Crippen LogP contribution in [0.5, 0.6) is 5.75 Å². The van der Waals surface area contributed by atoms with Crippen molar-refractivity contribution >= 4 is 16.7 Å². The van der Waals surface area contributed by atoms with Crippen LogP contribution in [-0.2, 0) is 13.1 Å². The molecule has 0 fully saturated rings. The summed E-state index contributed by atoms with van der Waals surface area (Å²) in [4.78, 5) is 15.6. The molecule has 0 spiro atoms. The summed E-state index contributed by atoms with van der Waals surface area (Å²) < 4.78 is 7.59. The Morgan fingerprint density at radius 2 is 1.76 bits per heavy atom. The Balaban J connectivity index is 1.56. The number of nitrogens with zero attached hydrogens (tertiary/aromatic N) is 2. The van der Waals surface area contributed by atoms with Crippen LogP contribution in [0.2, 0.25) is 0 Å². The molecule has 4 nitrogen and oxygen atoms in total. The minimum Gasteiger partial charge on any atom is -0.497 e. The van der Waals surface area contributed by atoms with E-state index in [0.29, 0.717) is 6.54 Å². The van der Waals surface area contributed by atoms with Crippen molar-refractivity contribution in [2.75, 3.05) is 13.7 Å². The number of benzene rings is 3. The molecular weight excluding hydrogens is 408 g/mol. The average molecular weight is 441 g/mol. The molecule has 0 aliphatic rings. The Hall–Kier alpha value is -3.53. The van der Waals surface area contributed by atoms with Gasteiger partial charge in [-0.05, 0) is 59.2 Å². The summed E-state index contributed by atoms with van der Waals surface area (Å²) in [6.07, 6.45) is 5.34. The Morgan fingerprint density at radius 3 is 2.58 bits per heavy atom. The number of carbonyl (C=O) groups excluding carboxylic acids is 1. The molecule has 0 bridgehead atoms. The summed E-state index contributed by atoms with van der Waals surface area (Å²) in [7, 11) is 1.69. The fraction of sp³-hybridized carbons (Fsp3) is 0.276. The van der Waals surface area contributed by atoms with Crippen LogP contribution in [-0.4, -0.2) is 29.0 Å². The molecule has 0 aliphatic heterocycles. The third-order valence-electron chi connectivity index (χ3n) is 6.08. The molecule has 0 N–H and O–H groups in total. The van der Waals surface area contributed by atoms with Gasteiger partial charge in [0.1, 0.15) is 5.75 Å². The van der Waals surface area contributed by atoms with Crippen LogP contribution >= 0.6 is 0 Å². The van der Waals surface area contributed by atoms with Crippen LogP contribution in [0.3, 0.4) is 0 Å². The van der Waals surface area contributed by atoms with E-state index in [2.05, 4.69) is 54.1 Å². The lowest BCUT2D eigenvalue weighted by Gasteiger charge is -2.24. The summed E-state index contributed by atoms with van der Waals surface area (Å²) >= 11 is 0. The fourth-order valence-electron chi connectivity index (χ4n) is 4.22. The maximum Gasteiger partial charge on any atom is 0.254 e. The minimum atomic E-state index is 0.0889. The average Bonchev–Trinajstić information content (AvgIpc) is 3.29. The van der Waals surface area contributed by atoms with Gasteiger partial charge in [-0.1, -0.05) is 62.2 Å². The van der Waals surface area contributed by atoms with Crippen molar-refractivity contribution < 1.29 is 9.53 Å². The van der Waals surface area contributed by atoms with Crippen molar-refractivity contribution in [3.05, 3.63) is 102 Å². The Labute approximate surface area is 196 Å². The highest BCUT2D eigenvalue weighted by atomic mass is 16.5. The van der Waals surface area contributed by atoms with Gasteiger partial charge in [-0.25, -0.2) is 0 Å². The van der Waals surface area contributed by atoms with E-state index in [1.54, 1.807) is 7.11 Å². The summed E-state index contributed by atoms with van der Waals surface area (Å²) in [5.74, 6) is 0.944. The zero-order chi connectivity index (χ0) is 23.0. The summed E-state index contributed by atoms with van der Waals surface area (Å²) in [5.41, 5.74) is 3.05. The van der Waals surface area contributed by atoms with Gasteiger partial charge in [-0.2, -0.15) is 0 Å². The molecular formula is C29H32N2O2. The second-order valence-electron chi connectivity index (χ2n) is 8.47. The molecule has 1 heterocycles. The highest BCUT2D eigenvalue weighted by molar-refractivity contribution is 5.98. The van der Waals surface area contributed by atoms with Gasteiger partial charge in [-0.15, -0.1) is 0 Å². The van der Waals surface area contributed by atoms with E-state index in [0.717, 1.165) is 60.1 Å². The zero-order valence-corrected chi connectivity index (χ0v) is 19.5. The number of fused-ring (bicyclic) bond motifs is 1. The maximum absolute atomic E-state index is 13.6. The van der Waals surface area contributed by atoms with Crippen molar-refractivity contribution in [3.8, 4) is 5.75 Å². The summed E-state index contributed by atoms with van der Waals surface area (Å²) in [6, 6.07) is 26.5. The van der Waals surface area contributed by atoms with Crippen LogP contribution in [0, 0.1) is 0 Å². The number of aromatic nitrogens is 1. The number of unbranched alkanes of at least 4 members (excludes halogenated alkanes) is 2. The van der Waals surface area contributed by atoms with E-state index in [1.807, 2.05) is 47.4 Å². The number of ether oxygens (including phenoxy) is 1. The SMILES string of the molecule is CCCCCN(Cc1cccn1Cc1cccc(OC)c1)C(=O)c1ccc2ccccc2c1. The minimum absolute atomic E-state index is 0.0889. The highest BCUT2D eigenvalue weighted by Crippen LogP contribution is 2.20. The van der Waals surface area contributed by atoms with Gasteiger partial charge in [0, 0.05) is 30.5 Å². The predicted octanol–water partition coefficient (Wildman–Crippen LogP) is 6.53. The lowest BCUT2D eigenvalue weighted by molar-refractivity contribution is 0.0736.